The number of aryl methyl sites for hydroxylation is 1. The molecule has 17 heavy (non-hydrogen) atoms. The highest BCUT2D eigenvalue weighted by Gasteiger charge is 2.07. The van der Waals surface area contributed by atoms with E-state index in [0.29, 0.717) is 17.5 Å². The summed E-state index contributed by atoms with van der Waals surface area (Å²) in [5.74, 6) is 1.93. The molecule has 0 aliphatic rings. The summed E-state index contributed by atoms with van der Waals surface area (Å²) in [7, 11) is 0. The van der Waals surface area contributed by atoms with E-state index in [1.807, 2.05) is 25.1 Å². The minimum atomic E-state index is 0.631. The van der Waals surface area contributed by atoms with Crippen LogP contribution in [0, 0.1) is 0 Å². The van der Waals surface area contributed by atoms with Crippen LogP contribution >= 0.6 is 27.7 Å². The monoisotopic (exact) mass is 313 g/mol. The van der Waals surface area contributed by atoms with Gasteiger partial charge in [0, 0.05) is 21.5 Å². The Morgan fingerprint density at radius 1 is 1.35 bits per heavy atom. The van der Waals surface area contributed by atoms with Crippen LogP contribution in [0.2, 0.25) is 0 Å². The lowest BCUT2D eigenvalue weighted by molar-refractivity contribution is 0.470. The second-order valence-electron chi connectivity index (χ2n) is 3.41. The van der Waals surface area contributed by atoms with Gasteiger partial charge in [-0.2, -0.15) is 0 Å². The zero-order valence-electron chi connectivity index (χ0n) is 9.31. The number of anilines is 1. The van der Waals surface area contributed by atoms with Gasteiger partial charge in [-0.1, -0.05) is 22.9 Å². The molecule has 6 heteroatoms. The van der Waals surface area contributed by atoms with Crippen LogP contribution in [0.3, 0.4) is 0 Å². The van der Waals surface area contributed by atoms with E-state index in [1.165, 1.54) is 0 Å². The molecule has 1 aromatic heterocycles. The Morgan fingerprint density at radius 3 is 2.82 bits per heavy atom. The molecule has 1 heterocycles. The van der Waals surface area contributed by atoms with E-state index in [0.717, 1.165) is 21.5 Å². The Hall–Kier alpha value is -1.01. The van der Waals surface area contributed by atoms with Gasteiger partial charge in [0.1, 0.15) is 0 Å². The Balaban J connectivity index is 2.04. The van der Waals surface area contributed by atoms with Crippen molar-refractivity contribution in [2.75, 3.05) is 5.73 Å². The van der Waals surface area contributed by atoms with Crippen molar-refractivity contribution in [3.63, 3.8) is 0 Å². The Morgan fingerprint density at radius 2 is 2.12 bits per heavy atom. The molecule has 0 saturated heterocycles. The molecule has 2 N–H and O–H groups in total. The average molecular weight is 314 g/mol. The van der Waals surface area contributed by atoms with E-state index in [4.69, 9.17) is 10.2 Å². The zero-order chi connectivity index (χ0) is 12.3. The van der Waals surface area contributed by atoms with Gasteiger partial charge in [-0.25, -0.2) is 0 Å². The van der Waals surface area contributed by atoms with Gasteiger partial charge in [0.25, 0.3) is 0 Å². The highest BCUT2D eigenvalue weighted by atomic mass is 79.9. The fourth-order valence-electron chi connectivity index (χ4n) is 1.26. The van der Waals surface area contributed by atoms with Gasteiger partial charge in [0.2, 0.25) is 11.8 Å². The number of benzene rings is 1. The molecule has 0 bridgehead atoms. The molecule has 1 aromatic carbocycles. The molecule has 4 nitrogen and oxygen atoms in total. The summed E-state index contributed by atoms with van der Waals surface area (Å²) in [6.45, 7) is 1.98. The van der Waals surface area contributed by atoms with Crippen LogP contribution < -0.4 is 5.73 Å². The molecule has 0 fully saturated rings. The van der Waals surface area contributed by atoms with Gasteiger partial charge in [-0.05, 0) is 18.2 Å². The number of nitrogens with zero attached hydrogens (tertiary/aromatic N) is 2. The first-order valence-corrected chi connectivity index (χ1v) is 6.96. The maximum Gasteiger partial charge on any atom is 0.226 e. The third kappa shape index (κ3) is 3.23. The largest absolute Gasteiger partial charge is 0.424 e. The second kappa shape index (κ2) is 5.55. The maximum atomic E-state index is 5.88. The summed E-state index contributed by atoms with van der Waals surface area (Å²) in [6.07, 6.45) is 0.761. The second-order valence-corrected chi connectivity index (χ2v) is 5.35. The van der Waals surface area contributed by atoms with Crippen LogP contribution in [0.25, 0.3) is 0 Å². The maximum absolute atomic E-state index is 5.88. The molecule has 0 radical (unpaired) electrons. The lowest BCUT2D eigenvalue weighted by atomic mass is 10.3. The first kappa shape index (κ1) is 12.4. The highest BCUT2D eigenvalue weighted by Crippen LogP contribution is 2.30. The van der Waals surface area contributed by atoms with Crippen molar-refractivity contribution < 1.29 is 4.42 Å². The quantitative estimate of drug-likeness (QED) is 0.693. The van der Waals surface area contributed by atoms with E-state index in [-0.39, 0.29) is 0 Å². The van der Waals surface area contributed by atoms with E-state index in [9.17, 15) is 0 Å². The molecule has 2 aromatic rings. The minimum absolute atomic E-state index is 0.631. The Labute approximate surface area is 112 Å². The van der Waals surface area contributed by atoms with Crippen LogP contribution in [0.5, 0.6) is 0 Å². The average Bonchev–Trinajstić information content (AvgIpc) is 2.78. The summed E-state index contributed by atoms with van der Waals surface area (Å²) in [6, 6.07) is 5.77. The van der Waals surface area contributed by atoms with Crippen molar-refractivity contribution in [1.82, 2.24) is 10.2 Å². The summed E-state index contributed by atoms with van der Waals surface area (Å²) >= 11 is 5.00. The van der Waals surface area contributed by atoms with Crippen molar-refractivity contribution in [2.45, 2.75) is 24.0 Å². The van der Waals surface area contributed by atoms with Crippen LogP contribution in [0.15, 0.2) is 32.0 Å². The van der Waals surface area contributed by atoms with Crippen molar-refractivity contribution in [3.8, 4) is 0 Å². The van der Waals surface area contributed by atoms with E-state index < -0.39 is 0 Å². The standard InChI is InChI=1S/C11H12BrN3OS/c1-2-10-14-15-11(16-10)6-17-9-5-7(12)3-4-8(9)13/h3-5H,2,6,13H2,1H3. The lowest BCUT2D eigenvalue weighted by Crippen LogP contribution is -1.89. The molecule has 0 aliphatic carbocycles. The third-order valence-electron chi connectivity index (χ3n) is 2.14. The zero-order valence-corrected chi connectivity index (χ0v) is 11.7. The first-order chi connectivity index (χ1) is 8.19. The molecule has 0 atom stereocenters. The topological polar surface area (TPSA) is 64.9 Å². The summed E-state index contributed by atoms with van der Waals surface area (Å²) in [4.78, 5) is 1.01. The van der Waals surface area contributed by atoms with E-state index >= 15 is 0 Å². The summed E-state index contributed by atoms with van der Waals surface area (Å²) in [5, 5.41) is 7.88. The number of hydrogen-bond acceptors (Lipinski definition) is 5. The van der Waals surface area contributed by atoms with Gasteiger partial charge in [0.05, 0.1) is 5.75 Å². The number of hydrogen-bond donors (Lipinski definition) is 1. The van der Waals surface area contributed by atoms with E-state index in [2.05, 4.69) is 26.1 Å². The molecule has 0 unspecified atom stereocenters. The summed E-state index contributed by atoms with van der Waals surface area (Å²) in [5.41, 5.74) is 6.63. The molecular formula is C11H12BrN3OS. The van der Waals surface area contributed by atoms with Gasteiger partial charge in [-0.15, -0.1) is 22.0 Å². The number of aromatic nitrogens is 2. The van der Waals surface area contributed by atoms with Crippen molar-refractivity contribution in [1.29, 1.82) is 0 Å². The lowest BCUT2D eigenvalue weighted by Gasteiger charge is -2.03. The fraction of sp³-hybridized carbons (Fsp3) is 0.273. The first-order valence-electron chi connectivity index (χ1n) is 5.18. The predicted octanol–water partition coefficient (Wildman–Crippen LogP) is 3.27. The van der Waals surface area contributed by atoms with Gasteiger partial charge < -0.3 is 10.2 Å². The van der Waals surface area contributed by atoms with Crippen LogP contribution in [0.4, 0.5) is 5.69 Å². The van der Waals surface area contributed by atoms with E-state index in [1.54, 1.807) is 11.8 Å². The number of thioether (sulfide) groups is 1. The SMILES string of the molecule is CCc1nnc(CSc2cc(Br)ccc2N)o1. The van der Waals surface area contributed by atoms with Crippen LogP contribution in [-0.4, -0.2) is 10.2 Å². The van der Waals surface area contributed by atoms with Crippen molar-refractivity contribution >= 4 is 33.4 Å². The van der Waals surface area contributed by atoms with Gasteiger partial charge >= 0.3 is 0 Å². The summed E-state index contributed by atoms with van der Waals surface area (Å²) < 4.78 is 6.44. The molecule has 0 spiro atoms. The number of halogens is 1. The van der Waals surface area contributed by atoms with Crippen LogP contribution in [-0.2, 0) is 12.2 Å². The molecule has 2 rings (SSSR count). The Bertz CT molecular complexity index is 515. The molecule has 0 saturated carbocycles. The highest BCUT2D eigenvalue weighted by molar-refractivity contribution is 9.10. The van der Waals surface area contributed by atoms with Crippen molar-refractivity contribution in [3.05, 3.63) is 34.5 Å². The normalized spacial score (nSPS) is 10.7. The number of nitrogen functional groups attached to an aromatic ring is 1. The smallest absolute Gasteiger partial charge is 0.226 e. The Kier molecular flexibility index (Phi) is 4.06. The molecular weight excluding hydrogens is 302 g/mol. The third-order valence-corrected chi connectivity index (χ3v) is 3.69. The molecule has 90 valence electrons. The van der Waals surface area contributed by atoms with Crippen molar-refractivity contribution in [2.24, 2.45) is 0 Å². The molecule has 0 amide bonds. The van der Waals surface area contributed by atoms with Gasteiger partial charge in [0.15, 0.2) is 0 Å². The molecule has 0 aliphatic heterocycles. The number of rotatable bonds is 4. The fourth-order valence-corrected chi connectivity index (χ4v) is 2.62. The minimum Gasteiger partial charge on any atom is -0.424 e. The number of nitrogens with two attached hydrogens (primary N) is 1. The van der Waals surface area contributed by atoms with Gasteiger partial charge in [-0.3, -0.25) is 0 Å². The predicted molar refractivity (Wildman–Crippen MR) is 71.8 cm³/mol. The van der Waals surface area contributed by atoms with Crippen LogP contribution in [0.1, 0.15) is 18.7 Å².